The SMILES string of the molecule is C=C(C(=O)O)C1CC/C(C)=C/CCC(C)C(O)C1. The van der Waals surface area contributed by atoms with Gasteiger partial charge in [0.15, 0.2) is 0 Å². The smallest absolute Gasteiger partial charge is 0.331 e. The van der Waals surface area contributed by atoms with Gasteiger partial charge in [-0.05, 0) is 50.9 Å². The molecule has 0 saturated carbocycles. The Morgan fingerprint density at radius 2 is 2.11 bits per heavy atom. The van der Waals surface area contributed by atoms with Gasteiger partial charge in [0.05, 0.1) is 6.10 Å². The number of aliphatic carboxylic acids is 1. The van der Waals surface area contributed by atoms with Gasteiger partial charge in [-0.1, -0.05) is 25.2 Å². The number of hydrogen-bond donors (Lipinski definition) is 2. The fourth-order valence-electron chi connectivity index (χ4n) is 2.42. The van der Waals surface area contributed by atoms with Crippen LogP contribution in [-0.4, -0.2) is 22.3 Å². The minimum absolute atomic E-state index is 0.124. The molecule has 1 aliphatic carbocycles. The van der Waals surface area contributed by atoms with Gasteiger partial charge in [-0.2, -0.15) is 0 Å². The maximum Gasteiger partial charge on any atom is 0.331 e. The van der Waals surface area contributed by atoms with Crippen molar-refractivity contribution in [1.82, 2.24) is 0 Å². The van der Waals surface area contributed by atoms with E-state index in [9.17, 15) is 9.90 Å². The van der Waals surface area contributed by atoms with E-state index < -0.39 is 12.1 Å². The van der Waals surface area contributed by atoms with Crippen molar-refractivity contribution in [2.45, 2.75) is 52.1 Å². The number of carboxylic acids is 1. The van der Waals surface area contributed by atoms with E-state index in [1.54, 1.807) is 0 Å². The molecule has 0 bridgehead atoms. The van der Waals surface area contributed by atoms with E-state index in [2.05, 4.69) is 19.6 Å². The quantitative estimate of drug-likeness (QED) is 0.586. The van der Waals surface area contributed by atoms with Crippen LogP contribution in [0.15, 0.2) is 23.8 Å². The molecule has 1 aliphatic rings. The summed E-state index contributed by atoms with van der Waals surface area (Å²) in [5.74, 6) is -0.865. The third kappa shape index (κ3) is 4.30. The van der Waals surface area contributed by atoms with Crippen molar-refractivity contribution in [2.75, 3.05) is 0 Å². The van der Waals surface area contributed by atoms with Gasteiger partial charge in [0.25, 0.3) is 0 Å². The van der Waals surface area contributed by atoms with Gasteiger partial charge in [0, 0.05) is 5.57 Å². The van der Waals surface area contributed by atoms with Crippen LogP contribution in [0, 0.1) is 11.8 Å². The zero-order chi connectivity index (χ0) is 13.7. The first-order valence-corrected chi connectivity index (χ1v) is 6.67. The Morgan fingerprint density at radius 1 is 1.44 bits per heavy atom. The molecule has 102 valence electrons. The van der Waals surface area contributed by atoms with Gasteiger partial charge >= 0.3 is 5.97 Å². The molecule has 3 unspecified atom stereocenters. The molecule has 0 aliphatic heterocycles. The molecule has 0 aromatic heterocycles. The summed E-state index contributed by atoms with van der Waals surface area (Å²) in [5, 5.41) is 19.2. The van der Waals surface area contributed by atoms with Gasteiger partial charge < -0.3 is 10.2 Å². The van der Waals surface area contributed by atoms with Gasteiger partial charge in [0.1, 0.15) is 0 Å². The number of aliphatic hydroxyl groups is 1. The Kier molecular flexibility index (Phi) is 5.60. The molecule has 3 nitrogen and oxygen atoms in total. The molecule has 18 heavy (non-hydrogen) atoms. The van der Waals surface area contributed by atoms with E-state index in [1.165, 1.54) is 5.57 Å². The number of aliphatic hydroxyl groups excluding tert-OH is 1. The highest BCUT2D eigenvalue weighted by Crippen LogP contribution is 2.29. The molecule has 0 heterocycles. The van der Waals surface area contributed by atoms with Crippen LogP contribution in [0.25, 0.3) is 0 Å². The van der Waals surface area contributed by atoms with Crippen LogP contribution in [0.1, 0.15) is 46.0 Å². The lowest BCUT2D eigenvalue weighted by Crippen LogP contribution is -2.24. The van der Waals surface area contributed by atoms with Crippen LogP contribution < -0.4 is 0 Å². The average Bonchev–Trinajstić information content (AvgIpc) is 2.32. The lowest BCUT2D eigenvalue weighted by molar-refractivity contribution is -0.133. The van der Waals surface area contributed by atoms with Crippen molar-refractivity contribution in [3.63, 3.8) is 0 Å². The van der Waals surface area contributed by atoms with E-state index in [-0.39, 0.29) is 17.4 Å². The monoisotopic (exact) mass is 252 g/mol. The second-order valence-corrected chi connectivity index (χ2v) is 5.47. The Morgan fingerprint density at radius 3 is 2.72 bits per heavy atom. The van der Waals surface area contributed by atoms with Crippen molar-refractivity contribution in [1.29, 1.82) is 0 Å². The fraction of sp³-hybridized carbons (Fsp3) is 0.667. The molecule has 1 rings (SSSR count). The van der Waals surface area contributed by atoms with Crippen molar-refractivity contribution in [2.24, 2.45) is 11.8 Å². The molecule has 0 aromatic rings. The average molecular weight is 252 g/mol. The Hall–Kier alpha value is -1.09. The molecule has 0 fully saturated rings. The van der Waals surface area contributed by atoms with Crippen molar-refractivity contribution in [3.05, 3.63) is 23.8 Å². The first kappa shape index (κ1) is 15.0. The summed E-state index contributed by atoms with van der Waals surface area (Å²) in [7, 11) is 0. The molecular weight excluding hydrogens is 228 g/mol. The van der Waals surface area contributed by atoms with Crippen LogP contribution in [0.5, 0.6) is 0 Å². The topological polar surface area (TPSA) is 57.5 Å². The molecule has 2 N–H and O–H groups in total. The molecule has 0 spiro atoms. The molecule has 0 saturated heterocycles. The molecule has 0 radical (unpaired) electrons. The maximum atomic E-state index is 11.0. The van der Waals surface area contributed by atoms with Crippen LogP contribution in [0.3, 0.4) is 0 Å². The Bertz CT molecular complexity index is 344. The normalized spacial score (nSPS) is 33.3. The van der Waals surface area contributed by atoms with Gasteiger partial charge in [-0.15, -0.1) is 0 Å². The summed E-state index contributed by atoms with van der Waals surface area (Å²) in [6, 6.07) is 0. The minimum Gasteiger partial charge on any atom is -0.478 e. The number of rotatable bonds is 2. The molecule has 0 amide bonds. The highest BCUT2D eigenvalue weighted by Gasteiger charge is 2.25. The summed E-state index contributed by atoms with van der Waals surface area (Å²) >= 11 is 0. The third-order valence-corrected chi connectivity index (χ3v) is 3.95. The van der Waals surface area contributed by atoms with Crippen LogP contribution in [0.4, 0.5) is 0 Å². The van der Waals surface area contributed by atoms with Gasteiger partial charge in [0.2, 0.25) is 0 Å². The molecule has 3 atom stereocenters. The van der Waals surface area contributed by atoms with E-state index in [4.69, 9.17) is 5.11 Å². The second kappa shape index (κ2) is 6.74. The lowest BCUT2D eigenvalue weighted by atomic mass is 9.83. The van der Waals surface area contributed by atoms with E-state index in [0.717, 1.165) is 25.7 Å². The highest BCUT2D eigenvalue weighted by atomic mass is 16.4. The third-order valence-electron chi connectivity index (χ3n) is 3.95. The zero-order valence-electron chi connectivity index (χ0n) is 11.4. The molecular formula is C15H24O3. The summed E-state index contributed by atoms with van der Waals surface area (Å²) < 4.78 is 0. The molecule has 0 aromatic carbocycles. The number of carboxylic acid groups (broad SMARTS) is 1. The van der Waals surface area contributed by atoms with Gasteiger partial charge in [-0.25, -0.2) is 4.79 Å². The van der Waals surface area contributed by atoms with Crippen LogP contribution >= 0.6 is 0 Å². The summed E-state index contributed by atoms with van der Waals surface area (Å²) in [4.78, 5) is 11.0. The lowest BCUT2D eigenvalue weighted by Gasteiger charge is -2.25. The summed E-state index contributed by atoms with van der Waals surface area (Å²) in [6.07, 6.45) is 5.88. The number of allylic oxidation sites excluding steroid dienone is 2. The van der Waals surface area contributed by atoms with Crippen molar-refractivity contribution in [3.8, 4) is 0 Å². The number of hydrogen-bond acceptors (Lipinski definition) is 2. The number of carbonyl (C=O) groups is 1. The van der Waals surface area contributed by atoms with E-state index in [1.807, 2.05) is 6.92 Å². The predicted octanol–water partition coefficient (Wildman–Crippen LogP) is 3.15. The van der Waals surface area contributed by atoms with Crippen molar-refractivity contribution < 1.29 is 15.0 Å². The Labute approximate surface area is 109 Å². The highest BCUT2D eigenvalue weighted by molar-refractivity contribution is 5.86. The fourth-order valence-corrected chi connectivity index (χ4v) is 2.42. The second-order valence-electron chi connectivity index (χ2n) is 5.47. The molecule has 3 heteroatoms. The van der Waals surface area contributed by atoms with Crippen molar-refractivity contribution >= 4 is 5.97 Å². The minimum atomic E-state index is -0.946. The van der Waals surface area contributed by atoms with E-state index >= 15 is 0 Å². The van der Waals surface area contributed by atoms with E-state index in [0.29, 0.717) is 6.42 Å². The largest absolute Gasteiger partial charge is 0.478 e. The Balaban J connectivity index is 2.81. The predicted molar refractivity (Wildman–Crippen MR) is 72.3 cm³/mol. The van der Waals surface area contributed by atoms with Crippen LogP contribution in [-0.2, 0) is 4.79 Å². The summed E-state index contributed by atoms with van der Waals surface area (Å²) in [5.41, 5.74) is 1.54. The zero-order valence-corrected chi connectivity index (χ0v) is 11.4. The first-order valence-electron chi connectivity index (χ1n) is 6.67. The van der Waals surface area contributed by atoms with Crippen LogP contribution in [0.2, 0.25) is 0 Å². The van der Waals surface area contributed by atoms with Gasteiger partial charge in [-0.3, -0.25) is 0 Å². The summed E-state index contributed by atoms with van der Waals surface area (Å²) in [6.45, 7) is 7.77. The maximum absolute atomic E-state index is 11.0. The first-order chi connectivity index (χ1) is 8.41. The standard InChI is InChI=1S/C15H24O3/c1-10-5-4-6-11(2)14(16)9-13(8-7-10)12(3)15(17)18/h5,11,13-14,16H,3-4,6-9H2,1-2H3,(H,17,18)/b10-5+.